The highest BCUT2D eigenvalue weighted by Crippen LogP contribution is 2.33. The van der Waals surface area contributed by atoms with Crippen molar-refractivity contribution in [2.75, 3.05) is 13.7 Å². The van der Waals surface area contributed by atoms with E-state index < -0.39 is 11.7 Å². The van der Waals surface area contributed by atoms with E-state index in [1.165, 1.54) is 12.1 Å². The first kappa shape index (κ1) is 21.9. The van der Waals surface area contributed by atoms with E-state index in [1.54, 1.807) is 43.6 Å². The summed E-state index contributed by atoms with van der Waals surface area (Å²) in [6.45, 7) is 0.647. The first-order valence-electron chi connectivity index (χ1n) is 10.4. The first-order valence-corrected chi connectivity index (χ1v) is 10.4. The van der Waals surface area contributed by atoms with Crippen molar-refractivity contribution in [2.24, 2.45) is 0 Å². The van der Waals surface area contributed by atoms with E-state index in [0.717, 1.165) is 30.2 Å². The van der Waals surface area contributed by atoms with Gasteiger partial charge in [-0.2, -0.15) is 13.2 Å². The van der Waals surface area contributed by atoms with Gasteiger partial charge in [-0.1, -0.05) is 30.3 Å². The smallest absolute Gasteiger partial charge is 0.416 e. The monoisotopic (exact) mass is 440 g/mol. The van der Waals surface area contributed by atoms with Crippen LogP contribution in [0.1, 0.15) is 51.6 Å². The van der Waals surface area contributed by atoms with Crippen molar-refractivity contribution in [1.82, 2.24) is 9.88 Å². The van der Waals surface area contributed by atoms with Crippen molar-refractivity contribution in [3.05, 3.63) is 94.8 Å². The topological polar surface area (TPSA) is 42.4 Å². The fraction of sp³-hybridized carbons (Fsp3) is 0.280. The summed E-state index contributed by atoms with van der Waals surface area (Å²) in [6, 6.07) is 16.0. The highest BCUT2D eigenvalue weighted by molar-refractivity contribution is 5.95. The van der Waals surface area contributed by atoms with Crippen molar-refractivity contribution in [3.63, 3.8) is 0 Å². The van der Waals surface area contributed by atoms with Crippen LogP contribution >= 0.6 is 0 Å². The fourth-order valence-electron chi connectivity index (χ4n) is 4.07. The summed E-state index contributed by atoms with van der Waals surface area (Å²) in [5.41, 5.74) is 2.09. The second kappa shape index (κ2) is 9.02. The number of nitrogens with zero attached hydrogens (tertiary/aromatic N) is 2. The summed E-state index contributed by atoms with van der Waals surface area (Å²) < 4.78 is 44.1. The van der Waals surface area contributed by atoms with E-state index in [9.17, 15) is 18.0 Å². The van der Waals surface area contributed by atoms with Crippen molar-refractivity contribution < 1.29 is 22.7 Å². The molecule has 0 spiro atoms. The lowest BCUT2D eigenvalue weighted by atomic mass is 10.0. The average Bonchev–Trinajstić information content (AvgIpc) is 3.29. The number of amides is 1. The van der Waals surface area contributed by atoms with Gasteiger partial charge in [-0.25, -0.2) is 0 Å². The molecule has 4 rings (SSSR count). The molecular formula is C25H23F3N2O2. The molecule has 0 bridgehead atoms. The molecule has 2 aromatic carbocycles. The van der Waals surface area contributed by atoms with E-state index in [0.29, 0.717) is 29.8 Å². The largest absolute Gasteiger partial charge is 0.497 e. The highest BCUT2D eigenvalue weighted by Gasteiger charge is 2.32. The molecule has 1 unspecified atom stereocenters. The number of likely N-dealkylation sites (tertiary alicyclic amines) is 1. The number of benzene rings is 2. The maximum Gasteiger partial charge on any atom is 0.416 e. The van der Waals surface area contributed by atoms with Crippen LogP contribution in [0.5, 0.6) is 5.75 Å². The molecule has 0 N–H and O–H groups in total. The highest BCUT2D eigenvalue weighted by atomic mass is 19.4. The van der Waals surface area contributed by atoms with Crippen LogP contribution in [0.25, 0.3) is 0 Å². The normalized spacial score (nSPS) is 16.2. The second-order valence-electron chi connectivity index (χ2n) is 7.85. The third-order valence-corrected chi connectivity index (χ3v) is 5.68. The Kier molecular flexibility index (Phi) is 6.17. The Bertz CT molecular complexity index is 1100. The van der Waals surface area contributed by atoms with E-state index >= 15 is 0 Å². The quantitative estimate of drug-likeness (QED) is 0.513. The van der Waals surface area contributed by atoms with Gasteiger partial charge in [0.1, 0.15) is 5.75 Å². The van der Waals surface area contributed by atoms with E-state index in [2.05, 4.69) is 4.98 Å². The number of rotatable bonds is 5. The fourth-order valence-corrected chi connectivity index (χ4v) is 4.07. The van der Waals surface area contributed by atoms with Gasteiger partial charge in [0.2, 0.25) is 0 Å². The molecule has 1 aliphatic heterocycles. The molecule has 32 heavy (non-hydrogen) atoms. The van der Waals surface area contributed by atoms with Crippen LogP contribution in [-0.2, 0) is 12.6 Å². The number of methoxy groups -OCH3 is 1. The van der Waals surface area contributed by atoms with Crippen molar-refractivity contribution in [2.45, 2.75) is 31.5 Å². The Morgan fingerprint density at radius 1 is 1.09 bits per heavy atom. The lowest BCUT2D eigenvalue weighted by Gasteiger charge is -2.24. The van der Waals surface area contributed by atoms with Gasteiger partial charge in [0.05, 0.1) is 24.4 Å². The molecule has 3 aromatic rings. The number of hydrogen-bond acceptors (Lipinski definition) is 3. The number of carbonyl (C=O) groups is 1. The Balaban J connectivity index is 1.49. The standard InChI is InChI=1S/C25H23F3N2O2/c1-32-21-8-3-6-19(15-21)24(31)30-12-4-9-23(30)22-11-10-18(16-29-22)13-17-5-2-7-20(14-17)25(26,27)28/h2-3,5-8,10-11,14-16,23H,4,9,12-13H2,1H3. The van der Waals surface area contributed by atoms with Crippen molar-refractivity contribution >= 4 is 5.91 Å². The lowest BCUT2D eigenvalue weighted by molar-refractivity contribution is -0.137. The Hall–Kier alpha value is -3.35. The van der Waals surface area contributed by atoms with Gasteiger partial charge in [0.25, 0.3) is 5.91 Å². The minimum atomic E-state index is -4.36. The molecule has 4 nitrogen and oxygen atoms in total. The van der Waals surface area contributed by atoms with Gasteiger partial charge in [0, 0.05) is 18.3 Å². The Morgan fingerprint density at radius 2 is 1.91 bits per heavy atom. The minimum absolute atomic E-state index is 0.0683. The average molecular weight is 440 g/mol. The number of carbonyl (C=O) groups excluding carboxylic acids is 1. The summed E-state index contributed by atoms with van der Waals surface area (Å²) in [5, 5.41) is 0. The zero-order valence-electron chi connectivity index (χ0n) is 17.6. The first-order chi connectivity index (χ1) is 15.3. The van der Waals surface area contributed by atoms with Gasteiger partial charge in [-0.3, -0.25) is 9.78 Å². The van der Waals surface area contributed by atoms with E-state index in [4.69, 9.17) is 4.74 Å². The lowest BCUT2D eigenvalue weighted by Crippen LogP contribution is -2.31. The number of aromatic nitrogens is 1. The van der Waals surface area contributed by atoms with Crippen LogP contribution in [0.4, 0.5) is 13.2 Å². The number of halogens is 3. The van der Waals surface area contributed by atoms with Gasteiger partial charge in [-0.05, 0) is 60.7 Å². The van der Waals surface area contributed by atoms with Gasteiger partial charge >= 0.3 is 6.18 Å². The van der Waals surface area contributed by atoms with Crippen molar-refractivity contribution in [3.8, 4) is 5.75 Å². The van der Waals surface area contributed by atoms with Crippen LogP contribution in [0.2, 0.25) is 0 Å². The van der Waals surface area contributed by atoms with Gasteiger partial charge < -0.3 is 9.64 Å². The third-order valence-electron chi connectivity index (χ3n) is 5.68. The van der Waals surface area contributed by atoms with Crippen LogP contribution < -0.4 is 4.74 Å². The molecule has 1 saturated heterocycles. The van der Waals surface area contributed by atoms with E-state index in [-0.39, 0.29) is 11.9 Å². The predicted octanol–water partition coefficient (Wildman–Crippen LogP) is 5.68. The molecule has 1 fully saturated rings. The second-order valence-corrected chi connectivity index (χ2v) is 7.85. The Morgan fingerprint density at radius 3 is 2.62 bits per heavy atom. The van der Waals surface area contributed by atoms with Gasteiger partial charge in [-0.15, -0.1) is 0 Å². The maximum atomic E-state index is 13.1. The molecule has 7 heteroatoms. The molecule has 1 atom stereocenters. The molecule has 1 aromatic heterocycles. The molecule has 1 aliphatic rings. The summed E-state index contributed by atoms with van der Waals surface area (Å²) in [5.74, 6) is 0.560. The third kappa shape index (κ3) is 4.77. The van der Waals surface area contributed by atoms with Crippen LogP contribution in [0.3, 0.4) is 0 Å². The molecule has 166 valence electrons. The maximum absolute atomic E-state index is 13.1. The van der Waals surface area contributed by atoms with Crippen molar-refractivity contribution in [1.29, 1.82) is 0 Å². The number of hydrogen-bond donors (Lipinski definition) is 0. The molecule has 0 radical (unpaired) electrons. The summed E-state index contributed by atoms with van der Waals surface area (Å²) in [7, 11) is 1.56. The van der Waals surface area contributed by atoms with Crippen LogP contribution in [0.15, 0.2) is 66.9 Å². The molecule has 0 saturated carbocycles. The number of ether oxygens (including phenoxy) is 1. The van der Waals surface area contributed by atoms with Gasteiger partial charge in [0.15, 0.2) is 0 Å². The summed E-state index contributed by atoms with van der Waals surface area (Å²) >= 11 is 0. The molecule has 0 aliphatic carbocycles. The zero-order valence-corrected chi connectivity index (χ0v) is 17.6. The molecular weight excluding hydrogens is 417 g/mol. The van der Waals surface area contributed by atoms with E-state index in [1.807, 2.05) is 17.0 Å². The van der Waals surface area contributed by atoms with Crippen LogP contribution in [-0.4, -0.2) is 29.4 Å². The zero-order chi connectivity index (χ0) is 22.7. The molecule has 2 heterocycles. The number of alkyl halides is 3. The predicted molar refractivity (Wildman–Crippen MR) is 114 cm³/mol. The number of pyridine rings is 1. The molecule has 1 amide bonds. The van der Waals surface area contributed by atoms with Crippen LogP contribution in [0, 0.1) is 0 Å². The minimum Gasteiger partial charge on any atom is -0.497 e. The summed E-state index contributed by atoms with van der Waals surface area (Å²) in [4.78, 5) is 19.4. The summed E-state index contributed by atoms with van der Waals surface area (Å²) in [6.07, 6.45) is -0.625. The SMILES string of the molecule is COc1cccc(C(=O)N2CCCC2c2ccc(Cc3cccc(C(F)(F)F)c3)cn2)c1. The Labute approximate surface area is 184 Å².